The molecule has 2 aromatic rings. The van der Waals surface area contributed by atoms with Gasteiger partial charge in [-0.1, -0.05) is 6.07 Å². The highest BCUT2D eigenvalue weighted by atomic mass is 16.7. The van der Waals surface area contributed by atoms with E-state index in [0.29, 0.717) is 17.1 Å². The molecule has 0 saturated heterocycles. The van der Waals surface area contributed by atoms with Gasteiger partial charge in [-0.25, -0.2) is 4.79 Å². The first-order valence-corrected chi connectivity index (χ1v) is 8.15. The maximum absolute atomic E-state index is 12.2. The van der Waals surface area contributed by atoms with Crippen molar-refractivity contribution in [3.8, 4) is 17.2 Å². The van der Waals surface area contributed by atoms with E-state index in [9.17, 15) is 19.7 Å². The van der Waals surface area contributed by atoms with Crippen LogP contribution in [0.25, 0.3) is 0 Å². The number of amides is 1. The monoisotopic (exact) mass is 388 g/mol. The highest BCUT2D eigenvalue weighted by Gasteiger charge is 2.23. The Morgan fingerprint density at radius 2 is 1.89 bits per heavy atom. The summed E-state index contributed by atoms with van der Waals surface area (Å²) in [7, 11) is 1.24. The van der Waals surface area contributed by atoms with Crippen LogP contribution in [0.1, 0.15) is 18.0 Å². The number of fused-ring (bicyclic) bond motifs is 1. The van der Waals surface area contributed by atoms with Crippen molar-refractivity contribution < 1.29 is 33.5 Å². The first-order valence-electron chi connectivity index (χ1n) is 8.15. The first-order chi connectivity index (χ1) is 13.5. The number of rotatable bonds is 6. The topological polar surface area (TPSA) is 126 Å². The maximum atomic E-state index is 12.2. The van der Waals surface area contributed by atoms with E-state index in [1.165, 1.54) is 31.4 Å². The second-order valence-corrected chi connectivity index (χ2v) is 5.73. The van der Waals surface area contributed by atoms with Gasteiger partial charge in [-0.15, -0.1) is 0 Å². The summed E-state index contributed by atoms with van der Waals surface area (Å²) in [6.45, 7) is 0.0933. The van der Waals surface area contributed by atoms with Crippen LogP contribution in [0.2, 0.25) is 0 Å². The van der Waals surface area contributed by atoms with E-state index in [-0.39, 0.29) is 24.7 Å². The normalized spacial score (nSPS) is 12.8. The summed E-state index contributed by atoms with van der Waals surface area (Å²) in [6, 6.07) is 9.30. The van der Waals surface area contributed by atoms with Crippen LogP contribution in [-0.2, 0) is 9.53 Å². The number of esters is 1. The number of hydrogen-bond donors (Lipinski definition) is 1. The third kappa shape index (κ3) is 4.47. The van der Waals surface area contributed by atoms with E-state index in [4.69, 9.17) is 14.2 Å². The van der Waals surface area contributed by atoms with Crippen LogP contribution in [0.3, 0.4) is 0 Å². The Bertz CT molecular complexity index is 897. The van der Waals surface area contributed by atoms with Gasteiger partial charge in [-0.3, -0.25) is 14.9 Å². The highest BCUT2D eigenvalue weighted by Crippen LogP contribution is 2.35. The summed E-state index contributed by atoms with van der Waals surface area (Å²) in [4.78, 5) is 34.1. The summed E-state index contributed by atoms with van der Waals surface area (Å²) in [5.41, 5.74) is 0.465. The molecule has 3 rings (SSSR count). The van der Waals surface area contributed by atoms with E-state index in [1.807, 2.05) is 0 Å². The average molecular weight is 388 g/mol. The molecule has 1 aliphatic rings. The standard InChI is InChI=1S/C18H16N2O8/c1-25-17(21)9-14(11-2-7-15-16(8-11)27-10-26-15)19-18(22)28-13-5-3-12(4-6-13)20(23)24/h2-8,14H,9-10H2,1H3,(H,19,22). The van der Waals surface area contributed by atoms with Gasteiger partial charge in [-0.2, -0.15) is 0 Å². The molecule has 0 radical (unpaired) electrons. The fourth-order valence-electron chi connectivity index (χ4n) is 2.55. The molecule has 2 aromatic carbocycles. The Morgan fingerprint density at radius 1 is 1.18 bits per heavy atom. The predicted molar refractivity (Wildman–Crippen MR) is 94.2 cm³/mol. The molecule has 1 unspecified atom stereocenters. The number of nitrogens with zero attached hydrogens (tertiary/aromatic N) is 1. The minimum absolute atomic E-state index is 0.0933. The summed E-state index contributed by atoms with van der Waals surface area (Å²) in [5.74, 6) is 0.649. The fourth-order valence-corrected chi connectivity index (χ4v) is 2.55. The van der Waals surface area contributed by atoms with Crippen LogP contribution in [0.4, 0.5) is 10.5 Å². The van der Waals surface area contributed by atoms with Gasteiger partial charge in [0, 0.05) is 12.1 Å². The number of methoxy groups -OCH3 is 1. The zero-order chi connectivity index (χ0) is 20.1. The Labute approximate surface area is 159 Å². The number of carbonyl (C=O) groups excluding carboxylic acids is 2. The lowest BCUT2D eigenvalue weighted by molar-refractivity contribution is -0.384. The highest BCUT2D eigenvalue weighted by molar-refractivity contribution is 5.74. The van der Waals surface area contributed by atoms with E-state index >= 15 is 0 Å². The van der Waals surface area contributed by atoms with Crippen molar-refractivity contribution in [2.45, 2.75) is 12.5 Å². The third-order valence-corrected chi connectivity index (χ3v) is 3.95. The van der Waals surface area contributed by atoms with Gasteiger partial charge in [0.1, 0.15) is 5.75 Å². The van der Waals surface area contributed by atoms with Crippen molar-refractivity contribution in [1.29, 1.82) is 0 Å². The molecule has 0 aromatic heterocycles. The van der Waals surface area contributed by atoms with E-state index < -0.39 is 23.0 Å². The molecule has 0 aliphatic carbocycles. The summed E-state index contributed by atoms with van der Waals surface area (Å²) < 4.78 is 20.4. The van der Waals surface area contributed by atoms with Crippen LogP contribution in [0.5, 0.6) is 17.2 Å². The number of benzene rings is 2. The van der Waals surface area contributed by atoms with Crippen molar-refractivity contribution in [3.63, 3.8) is 0 Å². The van der Waals surface area contributed by atoms with Crippen LogP contribution in [-0.4, -0.2) is 30.9 Å². The lowest BCUT2D eigenvalue weighted by Crippen LogP contribution is -2.32. The van der Waals surface area contributed by atoms with Gasteiger partial charge in [0.15, 0.2) is 11.5 Å². The first kappa shape index (κ1) is 19.0. The third-order valence-electron chi connectivity index (χ3n) is 3.95. The maximum Gasteiger partial charge on any atom is 0.413 e. The van der Waals surface area contributed by atoms with Crippen molar-refractivity contribution in [3.05, 3.63) is 58.1 Å². The second kappa shape index (κ2) is 8.25. The van der Waals surface area contributed by atoms with Crippen molar-refractivity contribution in [2.75, 3.05) is 13.9 Å². The molecule has 10 nitrogen and oxygen atoms in total. The van der Waals surface area contributed by atoms with E-state index in [1.54, 1.807) is 18.2 Å². The van der Waals surface area contributed by atoms with Gasteiger partial charge in [-0.05, 0) is 29.8 Å². The molecule has 1 aliphatic heterocycles. The Balaban J connectivity index is 1.72. The molecule has 1 amide bonds. The quantitative estimate of drug-likeness (QED) is 0.455. The van der Waals surface area contributed by atoms with Gasteiger partial charge in [0.25, 0.3) is 5.69 Å². The van der Waals surface area contributed by atoms with Crippen molar-refractivity contribution >= 4 is 17.7 Å². The summed E-state index contributed by atoms with van der Waals surface area (Å²) >= 11 is 0. The molecule has 0 bridgehead atoms. The molecule has 0 spiro atoms. The van der Waals surface area contributed by atoms with Crippen LogP contribution in [0, 0.1) is 10.1 Å². The lowest BCUT2D eigenvalue weighted by atomic mass is 10.0. The molecular weight excluding hydrogens is 372 g/mol. The number of nitro benzene ring substituents is 1. The molecular formula is C18H16N2O8. The second-order valence-electron chi connectivity index (χ2n) is 5.73. The van der Waals surface area contributed by atoms with Gasteiger partial charge < -0.3 is 24.3 Å². The van der Waals surface area contributed by atoms with Gasteiger partial charge in [0.05, 0.1) is 24.5 Å². The molecule has 1 N–H and O–H groups in total. The van der Waals surface area contributed by atoms with Gasteiger partial charge >= 0.3 is 12.1 Å². The summed E-state index contributed by atoms with van der Waals surface area (Å²) in [6.07, 6.45) is -0.966. The minimum atomic E-state index is -0.833. The minimum Gasteiger partial charge on any atom is -0.469 e. The SMILES string of the molecule is COC(=O)CC(NC(=O)Oc1ccc([N+](=O)[O-])cc1)c1ccc2c(c1)OCO2. The predicted octanol–water partition coefficient (Wildman–Crippen LogP) is 2.72. The Kier molecular flexibility index (Phi) is 5.58. The van der Waals surface area contributed by atoms with E-state index in [2.05, 4.69) is 10.1 Å². The largest absolute Gasteiger partial charge is 0.469 e. The summed E-state index contributed by atoms with van der Waals surface area (Å²) in [5, 5.41) is 13.3. The molecule has 28 heavy (non-hydrogen) atoms. The number of nitro groups is 1. The smallest absolute Gasteiger partial charge is 0.413 e. The number of hydrogen-bond acceptors (Lipinski definition) is 8. The molecule has 1 heterocycles. The molecule has 0 saturated carbocycles. The van der Waals surface area contributed by atoms with Crippen molar-refractivity contribution in [1.82, 2.24) is 5.32 Å². The number of non-ortho nitro benzene ring substituents is 1. The van der Waals surface area contributed by atoms with Crippen molar-refractivity contribution in [2.24, 2.45) is 0 Å². The molecule has 146 valence electrons. The van der Waals surface area contributed by atoms with E-state index in [0.717, 1.165) is 0 Å². The Hall–Kier alpha value is -3.82. The molecule has 0 fully saturated rings. The zero-order valence-electron chi connectivity index (χ0n) is 14.7. The number of ether oxygens (including phenoxy) is 4. The number of carbonyl (C=O) groups is 2. The zero-order valence-corrected chi connectivity index (χ0v) is 14.7. The fraction of sp³-hybridized carbons (Fsp3) is 0.222. The molecule has 1 atom stereocenters. The lowest BCUT2D eigenvalue weighted by Gasteiger charge is -2.18. The van der Waals surface area contributed by atoms with Crippen LogP contribution in [0.15, 0.2) is 42.5 Å². The van der Waals surface area contributed by atoms with Crippen LogP contribution >= 0.6 is 0 Å². The average Bonchev–Trinajstić information content (AvgIpc) is 3.15. The Morgan fingerprint density at radius 3 is 2.57 bits per heavy atom. The molecule has 10 heteroatoms. The van der Waals surface area contributed by atoms with Gasteiger partial charge in [0.2, 0.25) is 6.79 Å². The number of nitrogens with one attached hydrogen (secondary N) is 1. The van der Waals surface area contributed by atoms with Crippen LogP contribution < -0.4 is 19.5 Å².